The molecule has 0 radical (unpaired) electrons. The van der Waals surface area contributed by atoms with Gasteiger partial charge in [0.1, 0.15) is 0 Å². The molecule has 1 heterocycles. The summed E-state index contributed by atoms with van der Waals surface area (Å²) in [5, 5.41) is 7.60. The first-order chi connectivity index (χ1) is 31.7. The normalized spacial score (nSPS) is 11.4. The topological polar surface area (TPSA) is 3.24 Å². The number of nitrogens with zero attached hydrogens (tertiary/aromatic N) is 1. The van der Waals surface area contributed by atoms with Gasteiger partial charge in [-0.15, -0.1) is 11.3 Å². The van der Waals surface area contributed by atoms with Gasteiger partial charge in [-0.3, -0.25) is 0 Å². The van der Waals surface area contributed by atoms with Gasteiger partial charge in [-0.1, -0.05) is 182 Å². The lowest BCUT2D eigenvalue weighted by Crippen LogP contribution is -2.11. The Morgan fingerprint density at radius 2 is 0.703 bits per heavy atom. The van der Waals surface area contributed by atoms with Gasteiger partial charge in [0.05, 0.1) is 5.69 Å². The fraction of sp³-hybridized carbons (Fsp3) is 0. The van der Waals surface area contributed by atoms with Gasteiger partial charge < -0.3 is 4.90 Å². The van der Waals surface area contributed by atoms with Crippen molar-refractivity contribution in [3.05, 3.63) is 249 Å². The maximum Gasteiger partial charge on any atom is 0.0546 e. The van der Waals surface area contributed by atoms with Crippen LogP contribution in [0.15, 0.2) is 249 Å². The molecule has 2 heteroatoms. The molecular weight excluding hydrogens is 791 g/mol. The molecule has 0 N–H and O–H groups in total. The summed E-state index contributed by atoms with van der Waals surface area (Å²) in [6.07, 6.45) is 0. The number of hydrogen-bond donors (Lipinski definition) is 0. The zero-order valence-corrected chi connectivity index (χ0v) is 35.8. The van der Waals surface area contributed by atoms with E-state index < -0.39 is 0 Å². The molecule has 0 bridgehead atoms. The van der Waals surface area contributed by atoms with Crippen LogP contribution in [0.1, 0.15) is 0 Å². The molecule has 0 saturated heterocycles. The maximum atomic E-state index is 2.43. The molecule has 0 aliphatic rings. The van der Waals surface area contributed by atoms with Crippen molar-refractivity contribution in [3.63, 3.8) is 0 Å². The Hall–Kier alpha value is -8.04. The molecule has 1 aromatic heterocycles. The van der Waals surface area contributed by atoms with E-state index in [4.69, 9.17) is 0 Å². The molecule has 0 aliphatic heterocycles. The third-order valence-electron chi connectivity index (χ3n) is 12.6. The fourth-order valence-corrected chi connectivity index (χ4v) is 10.4. The second-order valence-corrected chi connectivity index (χ2v) is 17.6. The Morgan fingerprint density at radius 1 is 0.250 bits per heavy atom. The highest BCUT2D eigenvalue weighted by atomic mass is 32.1. The average Bonchev–Trinajstić information content (AvgIpc) is 3.75. The van der Waals surface area contributed by atoms with Gasteiger partial charge in [0, 0.05) is 37.1 Å². The number of benzene rings is 11. The predicted octanol–water partition coefficient (Wildman–Crippen LogP) is 18.2. The maximum absolute atomic E-state index is 2.43. The number of rotatable bonds is 8. The Balaban J connectivity index is 0.984. The molecule has 64 heavy (non-hydrogen) atoms. The van der Waals surface area contributed by atoms with Crippen LogP contribution in [-0.2, 0) is 0 Å². The zero-order valence-electron chi connectivity index (χ0n) is 35.0. The minimum atomic E-state index is 1.08. The standard InChI is InChI=1S/C62H41NS/c1-2-13-46(14-3-1)57-35-29-54(52-24-22-43-12-5-7-16-48(43)39-52)41-60(57)63(56-33-27-45(28-34-56)53-30-36-62-59(40-53)58-19-8-9-20-61(58)64-62)55-31-25-44(26-32-55)49-17-10-18-50(37-49)51-23-21-42-11-4-6-15-47(42)38-51/h1-41H. The number of anilines is 3. The van der Waals surface area contributed by atoms with Gasteiger partial charge in [0.25, 0.3) is 0 Å². The van der Waals surface area contributed by atoms with Gasteiger partial charge in [0.15, 0.2) is 0 Å². The number of hydrogen-bond acceptors (Lipinski definition) is 2. The van der Waals surface area contributed by atoms with Crippen LogP contribution in [0.2, 0.25) is 0 Å². The van der Waals surface area contributed by atoms with Crippen LogP contribution in [0.4, 0.5) is 17.1 Å². The lowest BCUT2D eigenvalue weighted by Gasteiger charge is -2.29. The van der Waals surface area contributed by atoms with E-state index in [1.165, 1.54) is 91.8 Å². The molecule has 0 amide bonds. The van der Waals surface area contributed by atoms with Crippen molar-refractivity contribution in [2.24, 2.45) is 0 Å². The van der Waals surface area contributed by atoms with Crippen molar-refractivity contribution in [3.8, 4) is 55.6 Å². The molecule has 0 saturated carbocycles. The summed E-state index contributed by atoms with van der Waals surface area (Å²) < 4.78 is 2.64. The van der Waals surface area contributed by atoms with E-state index in [9.17, 15) is 0 Å². The van der Waals surface area contributed by atoms with Crippen molar-refractivity contribution in [2.75, 3.05) is 4.90 Å². The Bertz CT molecular complexity index is 3660. The highest BCUT2D eigenvalue weighted by molar-refractivity contribution is 7.25. The first kappa shape index (κ1) is 37.7. The minimum absolute atomic E-state index is 1.08. The van der Waals surface area contributed by atoms with Crippen molar-refractivity contribution >= 4 is 70.1 Å². The monoisotopic (exact) mass is 831 g/mol. The first-order valence-corrected chi connectivity index (χ1v) is 22.7. The summed E-state index contributed by atoms with van der Waals surface area (Å²) in [5.41, 5.74) is 15.2. The lowest BCUT2D eigenvalue weighted by atomic mass is 9.95. The second kappa shape index (κ2) is 16.0. The van der Waals surface area contributed by atoms with Crippen LogP contribution < -0.4 is 4.90 Å². The number of thiophene rings is 1. The SMILES string of the molecule is c1ccc(-c2ccc(-c3ccc4ccccc4c3)cc2N(c2ccc(-c3cccc(-c4ccc5ccccc5c4)c3)cc2)c2ccc(-c3ccc4sc5ccccc5c4c3)cc2)cc1. The van der Waals surface area contributed by atoms with Crippen molar-refractivity contribution in [1.29, 1.82) is 0 Å². The quantitative estimate of drug-likeness (QED) is 0.147. The molecule has 0 unspecified atom stereocenters. The smallest absolute Gasteiger partial charge is 0.0546 e. The third kappa shape index (κ3) is 7.01. The van der Waals surface area contributed by atoms with Gasteiger partial charge in [-0.25, -0.2) is 0 Å². The van der Waals surface area contributed by atoms with Crippen LogP contribution in [-0.4, -0.2) is 0 Å². The Labute approximate surface area is 377 Å². The molecule has 0 spiro atoms. The van der Waals surface area contributed by atoms with Crippen LogP contribution in [0, 0.1) is 0 Å². The van der Waals surface area contributed by atoms with E-state index >= 15 is 0 Å². The zero-order chi connectivity index (χ0) is 42.4. The summed E-state index contributed by atoms with van der Waals surface area (Å²) >= 11 is 1.86. The minimum Gasteiger partial charge on any atom is -0.310 e. The second-order valence-electron chi connectivity index (χ2n) is 16.5. The van der Waals surface area contributed by atoms with Gasteiger partial charge in [0.2, 0.25) is 0 Å². The highest BCUT2D eigenvalue weighted by Crippen LogP contribution is 2.45. The predicted molar refractivity (Wildman–Crippen MR) is 276 cm³/mol. The molecule has 1 nitrogen and oxygen atoms in total. The third-order valence-corrected chi connectivity index (χ3v) is 13.8. The molecule has 0 fully saturated rings. The Morgan fingerprint density at radius 3 is 1.36 bits per heavy atom. The van der Waals surface area contributed by atoms with Gasteiger partial charge >= 0.3 is 0 Å². The Kier molecular flexibility index (Phi) is 9.43. The van der Waals surface area contributed by atoms with E-state index in [-0.39, 0.29) is 0 Å². The van der Waals surface area contributed by atoms with Crippen LogP contribution >= 0.6 is 11.3 Å². The lowest BCUT2D eigenvalue weighted by molar-refractivity contribution is 1.28. The molecule has 300 valence electrons. The van der Waals surface area contributed by atoms with Crippen molar-refractivity contribution in [1.82, 2.24) is 0 Å². The summed E-state index contributed by atoms with van der Waals surface area (Å²) in [6.45, 7) is 0. The van der Waals surface area contributed by atoms with Crippen LogP contribution in [0.3, 0.4) is 0 Å². The summed E-state index contributed by atoms with van der Waals surface area (Å²) in [7, 11) is 0. The first-order valence-electron chi connectivity index (χ1n) is 21.9. The van der Waals surface area contributed by atoms with E-state index in [0.717, 1.165) is 22.6 Å². The van der Waals surface area contributed by atoms with Gasteiger partial charge in [-0.2, -0.15) is 0 Å². The highest BCUT2D eigenvalue weighted by Gasteiger charge is 2.20. The van der Waals surface area contributed by atoms with Crippen molar-refractivity contribution in [2.45, 2.75) is 0 Å². The van der Waals surface area contributed by atoms with E-state index in [0.29, 0.717) is 0 Å². The molecule has 12 aromatic rings. The molecular formula is C62H41NS. The summed E-state index contributed by atoms with van der Waals surface area (Å²) in [4.78, 5) is 2.43. The van der Waals surface area contributed by atoms with E-state index in [2.05, 4.69) is 254 Å². The molecule has 0 atom stereocenters. The summed E-state index contributed by atoms with van der Waals surface area (Å²) in [6, 6.07) is 91.1. The van der Waals surface area contributed by atoms with Crippen molar-refractivity contribution < 1.29 is 0 Å². The van der Waals surface area contributed by atoms with E-state index in [1.807, 2.05) is 11.3 Å². The molecule has 12 rings (SSSR count). The van der Waals surface area contributed by atoms with Crippen LogP contribution in [0.25, 0.3) is 97.4 Å². The summed E-state index contributed by atoms with van der Waals surface area (Å²) in [5.74, 6) is 0. The molecule has 0 aliphatic carbocycles. The fourth-order valence-electron chi connectivity index (χ4n) is 9.31. The molecule has 11 aromatic carbocycles. The van der Waals surface area contributed by atoms with E-state index in [1.54, 1.807) is 0 Å². The average molecular weight is 832 g/mol. The van der Waals surface area contributed by atoms with Crippen LogP contribution in [0.5, 0.6) is 0 Å². The van der Waals surface area contributed by atoms with Gasteiger partial charge in [-0.05, 0) is 138 Å². The number of fused-ring (bicyclic) bond motifs is 5. The largest absolute Gasteiger partial charge is 0.310 e.